The van der Waals surface area contributed by atoms with Crippen molar-refractivity contribution in [2.75, 3.05) is 25.1 Å². The second kappa shape index (κ2) is 8.28. The van der Waals surface area contributed by atoms with E-state index in [2.05, 4.69) is 29.3 Å². The van der Waals surface area contributed by atoms with Crippen LogP contribution in [0.1, 0.15) is 38.0 Å². The third-order valence-electron chi connectivity index (χ3n) is 4.23. The summed E-state index contributed by atoms with van der Waals surface area (Å²) in [5, 5.41) is 6.91. The van der Waals surface area contributed by atoms with Crippen LogP contribution in [0.2, 0.25) is 0 Å². The molecule has 0 radical (unpaired) electrons. The van der Waals surface area contributed by atoms with E-state index in [-0.39, 0.29) is 12.6 Å². The van der Waals surface area contributed by atoms with Crippen molar-refractivity contribution in [2.45, 2.75) is 40.7 Å². The van der Waals surface area contributed by atoms with E-state index in [1.807, 2.05) is 19.9 Å². The number of anilines is 1. The lowest BCUT2D eigenvalue weighted by atomic mass is 10.1. The average molecular weight is 374 g/mol. The molecule has 2 heterocycles. The van der Waals surface area contributed by atoms with Crippen molar-refractivity contribution >= 4 is 11.7 Å². The minimum Gasteiger partial charge on any atom is -0.486 e. The highest BCUT2D eigenvalue weighted by Crippen LogP contribution is 2.35. The number of carbonyl (C=O) groups excluding carboxylic acids is 1. The summed E-state index contributed by atoms with van der Waals surface area (Å²) in [6.07, 6.45) is 0.724. The number of nitrogens with zero attached hydrogens (tertiary/aromatic N) is 3. The molecule has 8 heteroatoms. The van der Waals surface area contributed by atoms with Gasteiger partial charge in [-0.15, -0.1) is 0 Å². The molecule has 1 N–H and O–H groups in total. The number of hydrogen-bond acceptors (Lipinski definition) is 6. The number of fused-ring (bicyclic) bond motifs is 1. The molecule has 0 spiro atoms. The third-order valence-corrected chi connectivity index (χ3v) is 4.23. The minimum atomic E-state index is -0.229. The lowest BCUT2D eigenvalue weighted by Gasteiger charge is -2.23. The number of ether oxygens (including phenoxy) is 2. The van der Waals surface area contributed by atoms with Crippen molar-refractivity contribution < 1.29 is 18.8 Å². The Bertz CT molecular complexity index is 803. The second-order valence-electron chi connectivity index (χ2n) is 6.96. The molecule has 0 atom stereocenters. The number of aryl methyl sites for hydroxylation is 1. The van der Waals surface area contributed by atoms with Gasteiger partial charge in [-0.05, 0) is 31.4 Å². The zero-order chi connectivity index (χ0) is 19.4. The summed E-state index contributed by atoms with van der Waals surface area (Å²) < 4.78 is 16.4. The van der Waals surface area contributed by atoms with E-state index in [0.717, 1.165) is 12.0 Å². The van der Waals surface area contributed by atoms with Gasteiger partial charge in [-0.3, -0.25) is 0 Å². The smallest absolute Gasteiger partial charge is 0.322 e. The number of amides is 2. The normalized spacial score (nSPS) is 12.9. The highest BCUT2D eigenvalue weighted by Gasteiger charge is 2.19. The highest BCUT2D eigenvalue weighted by molar-refractivity contribution is 5.90. The van der Waals surface area contributed by atoms with Crippen molar-refractivity contribution in [1.82, 2.24) is 15.0 Å². The Morgan fingerprint density at radius 2 is 1.96 bits per heavy atom. The van der Waals surface area contributed by atoms with Gasteiger partial charge < -0.3 is 24.2 Å². The maximum atomic E-state index is 12.7. The SMILES string of the molecule is CCN(Cc1noc(CC(C)C)n1)C(=O)Nc1cc2c(cc1C)OCCO2. The topological polar surface area (TPSA) is 89.7 Å². The molecule has 0 unspecified atom stereocenters. The van der Waals surface area contributed by atoms with Gasteiger partial charge in [0.25, 0.3) is 0 Å². The number of rotatable bonds is 6. The molecule has 1 aromatic carbocycles. The summed E-state index contributed by atoms with van der Waals surface area (Å²) in [5.74, 6) is 2.87. The molecule has 0 bridgehead atoms. The molecule has 27 heavy (non-hydrogen) atoms. The van der Waals surface area contributed by atoms with Crippen molar-refractivity contribution in [2.24, 2.45) is 5.92 Å². The monoisotopic (exact) mass is 374 g/mol. The van der Waals surface area contributed by atoms with Gasteiger partial charge in [0, 0.05) is 24.7 Å². The van der Waals surface area contributed by atoms with Crippen molar-refractivity contribution in [1.29, 1.82) is 0 Å². The van der Waals surface area contributed by atoms with Gasteiger partial charge in [0.2, 0.25) is 5.89 Å². The molecule has 0 saturated carbocycles. The maximum Gasteiger partial charge on any atom is 0.322 e. The summed E-state index contributed by atoms with van der Waals surface area (Å²) in [6, 6.07) is 3.44. The fraction of sp³-hybridized carbons (Fsp3) is 0.526. The van der Waals surface area contributed by atoms with Crippen molar-refractivity contribution in [3.63, 3.8) is 0 Å². The zero-order valence-electron chi connectivity index (χ0n) is 16.2. The summed E-state index contributed by atoms with van der Waals surface area (Å²) in [7, 11) is 0. The van der Waals surface area contributed by atoms with Crippen LogP contribution in [-0.2, 0) is 13.0 Å². The standard InChI is InChI=1S/C19H26N4O4/c1-5-23(11-17-21-18(27-22-17)8-12(2)3)19(24)20-14-10-16-15(9-13(14)4)25-6-7-26-16/h9-10,12H,5-8,11H2,1-4H3,(H,20,24). The molecule has 0 saturated heterocycles. The van der Waals surface area contributed by atoms with E-state index in [9.17, 15) is 4.79 Å². The number of benzene rings is 1. The Kier molecular flexibility index (Phi) is 5.83. The molecule has 2 amide bonds. The Morgan fingerprint density at radius 1 is 1.26 bits per heavy atom. The fourth-order valence-corrected chi connectivity index (χ4v) is 2.80. The molecule has 146 valence electrons. The number of carbonyl (C=O) groups is 1. The quantitative estimate of drug-likeness (QED) is 0.833. The molecule has 0 fully saturated rings. The van der Waals surface area contributed by atoms with E-state index in [4.69, 9.17) is 14.0 Å². The maximum absolute atomic E-state index is 12.7. The highest BCUT2D eigenvalue weighted by atomic mass is 16.6. The molecule has 2 aromatic rings. The van der Waals surface area contributed by atoms with Gasteiger partial charge in [0.05, 0.1) is 6.54 Å². The van der Waals surface area contributed by atoms with E-state index < -0.39 is 0 Å². The third kappa shape index (κ3) is 4.69. The van der Waals surface area contributed by atoms with E-state index in [1.54, 1.807) is 11.0 Å². The molecule has 3 rings (SSSR count). The molecular formula is C19H26N4O4. The van der Waals surface area contributed by atoms with Crippen LogP contribution in [0.5, 0.6) is 11.5 Å². The van der Waals surface area contributed by atoms with Gasteiger partial charge in [-0.1, -0.05) is 19.0 Å². The first-order valence-electron chi connectivity index (χ1n) is 9.24. The first kappa shape index (κ1) is 19.0. The first-order chi connectivity index (χ1) is 13.0. The Morgan fingerprint density at radius 3 is 2.63 bits per heavy atom. The van der Waals surface area contributed by atoms with Crippen LogP contribution in [0.3, 0.4) is 0 Å². The fourth-order valence-electron chi connectivity index (χ4n) is 2.80. The van der Waals surface area contributed by atoms with Gasteiger partial charge >= 0.3 is 6.03 Å². The van der Waals surface area contributed by atoms with E-state index in [0.29, 0.717) is 54.6 Å². The molecule has 8 nitrogen and oxygen atoms in total. The van der Waals surface area contributed by atoms with Crippen LogP contribution >= 0.6 is 0 Å². The lowest BCUT2D eigenvalue weighted by molar-refractivity contribution is 0.171. The van der Waals surface area contributed by atoms with Gasteiger partial charge in [-0.25, -0.2) is 4.79 Å². The average Bonchev–Trinajstić information content (AvgIpc) is 3.06. The van der Waals surface area contributed by atoms with Gasteiger partial charge in [0.15, 0.2) is 17.3 Å². The van der Waals surface area contributed by atoms with Gasteiger partial charge in [0.1, 0.15) is 13.2 Å². The van der Waals surface area contributed by atoms with E-state index in [1.165, 1.54) is 0 Å². The largest absolute Gasteiger partial charge is 0.486 e. The number of urea groups is 1. The summed E-state index contributed by atoms with van der Waals surface area (Å²) >= 11 is 0. The van der Waals surface area contributed by atoms with Crippen LogP contribution in [0.25, 0.3) is 0 Å². The summed E-state index contributed by atoms with van der Waals surface area (Å²) in [5.41, 5.74) is 1.60. The number of aromatic nitrogens is 2. The molecule has 1 aliphatic rings. The molecule has 0 aliphatic carbocycles. The summed E-state index contributed by atoms with van der Waals surface area (Å²) in [4.78, 5) is 18.7. The number of nitrogens with one attached hydrogen (secondary N) is 1. The van der Waals surface area contributed by atoms with Crippen LogP contribution in [0.4, 0.5) is 10.5 Å². The second-order valence-corrected chi connectivity index (χ2v) is 6.96. The summed E-state index contributed by atoms with van der Waals surface area (Å²) in [6.45, 7) is 9.84. The molecular weight excluding hydrogens is 348 g/mol. The van der Waals surface area contributed by atoms with Crippen LogP contribution < -0.4 is 14.8 Å². The first-order valence-corrected chi connectivity index (χ1v) is 9.24. The Balaban J connectivity index is 1.67. The van der Waals surface area contributed by atoms with E-state index >= 15 is 0 Å². The Labute approximate surface area is 158 Å². The molecule has 1 aliphatic heterocycles. The zero-order valence-corrected chi connectivity index (χ0v) is 16.2. The number of hydrogen-bond donors (Lipinski definition) is 1. The minimum absolute atomic E-state index is 0.229. The van der Waals surface area contributed by atoms with Crippen LogP contribution in [-0.4, -0.2) is 40.8 Å². The molecule has 1 aromatic heterocycles. The van der Waals surface area contributed by atoms with Crippen molar-refractivity contribution in [3.8, 4) is 11.5 Å². The van der Waals surface area contributed by atoms with Crippen LogP contribution in [0.15, 0.2) is 16.7 Å². The van der Waals surface area contributed by atoms with Crippen molar-refractivity contribution in [3.05, 3.63) is 29.4 Å². The predicted molar refractivity (Wildman–Crippen MR) is 100 cm³/mol. The Hall–Kier alpha value is -2.77. The lowest BCUT2D eigenvalue weighted by Crippen LogP contribution is -2.34. The van der Waals surface area contributed by atoms with Gasteiger partial charge in [-0.2, -0.15) is 4.98 Å². The predicted octanol–water partition coefficient (Wildman–Crippen LogP) is 3.40. The van der Waals surface area contributed by atoms with Crippen LogP contribution in [0, 0.1) is 12.8 Å².